The number of fused-ring (bicyclic) bond motifs is 1. The van der Waals surface area contributed by atoms with Crippen LogP contribution in [0.1, 0.15) is 49.5 Å². The van der Waals surface area contributed by atoms with Crippen molar-refractivity contribution in [3.05, 3.63) is 53.7 Å². The van der Waals surface area contributed by atoms with E-state index in [9.17, 15) is 10.2 Å². The van der Waals surface area contributed by atoms with Crippen molar-refractivity contribution in [1.29, 1.82) is 0 Å². The monoisotopic (exact) mass is 396 g/mol. The Morgan fingerprint density at radius 2 is 1.97 bits per heavy atom. The van der Waals surface area contributed by atoms with Gasteiger partial charge in [0.05, 0.1) is 18.4 Å². The fourth-order valence-corrected chi connectivity index (χ4v) is 4.09. The molecule has 154 valence electrons. The van der Waals surface area contributed by atoms with E-state index >= 15 is 0 Å². The Balaban J connectivity index is 1.23. The molecule has 29 heavy (non-hydrogen) atoms. The van der Waals surface area contributed by atoms with Gasteiger partial charge >= 0.3 is 0 Å². The van der Waals surface area contributed by atoms with Crippen LogP contribution in [0.15, 0.2) is 47.0 Å². The van der Waals surface area contributed by atoms with Crippen LogP contribution in [0.2, 0.25) is 0 Å². The molecule has 1 aliphatic heterocycles. The molecule has 2 heterocycles. The van der Waals surface area contributed by atoms with Gasteiger partial charge in [-0.25, -0.2) is 0 Å². The van der Waals surface area contributed by atoms with Crippen LogP contribution in [-0.4, -0.2) is 46.5 Å². The van der Waals surface area contributed by atoms with Gasteiger partial charge < -0.3 is 24.4 Å². The van der Waals surface area contributed by atoms with Crippen LogP contribution < -0.4 is 4.74 Å². The number of piperidine rings is 1. The number of phenolic OH excluding ortho intramolecular Hbond substituents is 1. The van der Waals surface area contributed by atoms with Crippen molar-refractivity contribution >= 4 is 11.0 Å². The maximum atomic E-state index is 10.2. The Morgan fingerprint density at radius 3 is 2.76 bits per heavy atom. The minimum absolute atomic E-state index is 0.0307. The van der Waals surface area contributed by atoms with Crippen molar-refractivity contribution in [2.75, 3.05) is 26.2 Å². The number of nitrogens with zero attached hydrogens (tertiary/aromatic N) is 2. The van der Waals surface area contributed by atoms with Crippen LogP contribution in [0.5, 0.6) is 11.5 Å². The van der Waals surface area contributed by atoms with Crippen LogP contribution in [0.25, 0.3) is 11.0 Å². The molecule has 6 nitrogen and oxygen atoms in total. The molecule has 0 saturated carbocycles. The lowest BCUT2D eigenvalue weighted by Crippen LogP contribution is -2.34. The Hall–Kier alpha value is -2.57. The van der Waals surface area contributed by atoms with E-state index in [1.165, 1.54) is 0 Å². The van der Waals surface area contributed by atoms with E-state index in [-0.39, 0.29) is 5.75 Å². The summed E-state index contributed by atoms with van der Waals surface area (Å²) in [6.07, 6.45) is 2.32. The lowest BCUT2D eigenvalue weighted by Gasteiger charge is -2.31. The zero-order valence-corrected chi connectivity index (χ0v) is 16.8. The van der Waals surface area contributed by atoms with Gasteiger partial charge in [-0.1, -0.05) is 29.4 Å². The largest absolute Gasteiger partial charge is 0.504 e. The summed E-state index contributed by atoms with van der Waals surface area (Å²) < 4.78 is 11.2. The molecular formula is C23H28N2O4. The molecule has 0 bridgehead atoms. The summed E-state index contributed by atoms with van der Waals surface area (Å²) in [5.74, 6) is 0.912. The molecule has 1 unspecified atom stereocenters. The van der Waals surface area contributed by atoms with Gasteiger partial charge in [0.25, 0.3) is 0 Å². The van der Waals surface area contributed by atoms with Gasteiger partial charge in [0, 0.05) is 23.4 Å². The smallest absolute Gasteiger partial charge is 0.167 e. The second kappa shape index (κ2) is 8.84. The van der Waals surface area contributed by atoms with Gasteiger partial charge in [-0.15, -0.1) is 0 Å². The van der Waals surface area contributed by atoms with E-state index in [1.807, 2.05) is 18.2 Å². The molecule has 2 N–H and O–H groups in total. The van der Waals surface area contributed by atoms with Gasteiger partial charge in [-0.2, -0.15) is 0 Å². The Kier molecular flexibility index (Phi) is 6.02. The number of aliphatic hydroxyl groups is 1. The fourth-order valence-electron chi connectivity index (χ4n) is 4.09. The van der Waals surface area contributed by atoms with Crippen molar-refractivity contribution in [2.45, 2.75) is 38.2 Å². The van der Waals surface area contributed by atoms with Crippen molar-refractivity contribution in [2.24, 2.45) is 0 Å². The van der Waals surface area contributed by atoms with Crippen LogP contribution in [-0.2, 0) is 0 Å². The molecular weight excluding hydrogens is 368 g/mol. The molecule has 6 heteroatoms. The molecule has 0 aliphatic carbocycles. The van der Waals surface area contributed by atoms with Crippen LogP contribution >= 0.6 is 0 Å². The maximum absolute atomic E-state index is 10.2. The summed E-state index contributed by atoms with van der Waals surface area (Å²) in [5.41, 5.74) is 2.45. The zero-order valence-electron chi connectivity index (χ0n) is 16.8. The highest BCUT2D eigenvalue weighted by molar-refractivity contribution is 5.79. The van der Waals surface area contributed by atoms with Crippen LogP contribution in [0.3, 0.4) is 0 Å². The third-order valence-corrected chi connectivity index (χ3v) is 5.74. The predicted octanol–water partition coefficient (Wildman–Crippen LogP) is 4.24. The molecule has 1 atom stereocenters. The zero-order chi connectivity index (χ0) is 20.2. The van der Waals surface area contributed by atoms with E-state index in [0.29, 0.717) is 23.8 Å². The molecule has 0 amide bonds. The highest BCUT2D eigenvalue weighted by Crippen LogP contribution is 2.34. The van der Waals surface area contributed by atoms with E-state index in [0.717, 1.165) is 55.6 Å². The number of aromatic nitrogens is 1. The molecule has 3 aromatic rings. The quantitative estimate of drug-likeness (QED) is 0.582. The summed E-state index contributed by atoms with van der Waals surface area (Å²) in [5, 5.41) is 25.3. The van der Waals surface area contributed by atoms with Crippen LogP contribution in [0, 0.1) is 0 Å². The standard InChI is InChI=1S/C23H28N2O4/c1-16(26)18-7-4-9-21(23(18)27)28-15-5-12-25-13-10-17(11-14-25)22-19-6-2-3-8-20(19)29-24-22/h2-4,6-9,16-17,26-27H,5,10-15H2,1H3. The number of hydrogen-bond acceptors (Lipinski definition) is 6. The first kappa shape index (κ1) is 19.7. The normalized spacial score (nSPS) is 16.9. The molecule has 1 aliphatic rings. The summed E-state index contributed by atoms with van der Waals surface area (Å²) in [7, 11) is 0. The van der Waals surface area contributed by atoms with Gasteiger partial charge in [0.2, 0.25) is 0 Å². The van der Waals surface area contributed by atoms with Gasteiger partial charge in [0.1, 0.15) is 0 Å². The highest BCUT2D eigenvalue weighted by Gasteiger charge is 2.24. The Bertz CT molecular complexity index is 945. The number of hydrogen-bond donors (Lipinski definition) is 2. The minimum Gasteiger partial charge on any atom is -0.504 e. The number of para-hydroxylation sites is 2. The second-order valence-corrected chi connectivity index (χ2v) is 7.75. The molecule has 1 fully saturated rings. The Labute approximate surface area is 170 Å². The molecule has 0 spiro atoms. The number of rotatable bonds is 7. The third kappa shape index (κ3) is 4.38. The number of phenols is 1. The first-order valence-corrected chi connectivity index (χ1v) is 10.3. The molecule has 1 saturated heterocycles. The molecule has 2 aromatic carbocycles. The lowest BCUT2D eigenvalue weighted by atomic mass is 9.91. The van der Waals surface area contributed by atoms with Gasteiger partial charge in [0.15, 0.2) is 17.1 Å². The highest BCUT2D eigenvalue weighted by atomic mass is 16.5. The summed E-state index contributed by atoms with van der Waals surface area (Å²) in [4.78, 5) is 2.45. The van der Waals surface area contributed by atoms with E-state index < -0.39 is 6.10 Å². The van der Waals surface area contributed by atoms with Gasteiger partial charge in [-0.05, 0) is 57.5 Å². The topological polar surface area (TPSA) is 79.0 Å². The van der Waals surface area contributed by atoms with E-state index in [4.69, 9.17) is 9.26 Å². The fraction of sp³-hybridized carbons (Fsp3) is 0.435. The average Bonchev–Trinajstić information content (AvgIpc) is 3.17. The Morgan fingerprint density at radius 1 is 1.17 bits per heavy atom. The molecule has 4 rings (SSSR count). The number of aromatic hydroxyl groups is 1. The third-order valence-electron chi connectivity index (χ3n) is 5.74. The molecule has 0 radical (unpaired) electrons. The number of likely N-dealkylation sites (tertiary alicyclic amines) is 1. The summed E-state index contributed by atoms with van der Waals surface area (Å²) in [6, 6.07) is 13.3. The predicted molar refractivity (Wildman–Crippen MR) is 111 cm³/mol. The minimum atomic E-state index is -0.721. The average molecular weight is 396 g/mol. The summed E-state index contributed by atoms with van der Waals surface area (Å²) in [6.45, 7) is 5.20. The van der Waals surface area contributed by atoms with Crippen molar-refractivity contribution < 1.29 is 19.5 Å². The SMILES string of the molecule is CC(O)c1cccc(OCCCN2CCC(c3noc4ccccc34)CC2)c1O. The molecule has 1 aromatic heterocycles. The van der Waals surface area contributed by atoms with Crippen molar-refractivity contribution in [3.8, 4) is 11.5 Å². The van der Waals surface area contributed by atoms with Crippen molar-refractivity contribution in [1.82, 2.24) is 10.1 Å². The number of benzene rings is 2. The van der Waals surface area contributed by atoms with Crippen LogP contribution in [0.4, 0.5) is 0 Å². The maximum Gasteiger partial charge on any atom is 0.167 e. The lowest BCUT2D eigenvalue weighted by molar-refractivity contribution is 0.185. The van der Waals surface area contributed by atoms with E-state index in [2.05, 4.69) is 16.1 Å². The number of ether oxygens (including phenoxy) is 1. The second-order valence-electron chi connectivity index (χ2n) is 7.75. The number of aliphatic hydroxyl groups excluding tert-OH is 1. The van der Waals surface area contributed by atoms with Crippen molar-refractivity contribution in [3.63, 3.8) is 0 Å². The first-order chi connectivity index (χ1) is 14.1. The van der Waals surface area contributed by atoms with E-state index in [1.54, 1.807) is 25.1 Å². The summed E-state index contributed by atoms with van der Waals surface area (Å²) >= 11 is 0. The first-order valence-electron chi connectivity index (χ1n) is 10.3. The van der Waals surface area contributed by atoms with Gasteiger partial charge in [-0.3, -0.25) is 0 Å².